The molecule has 0 fully saturated rings. The molecule has 0 aliphatic carbocycles. The lowest BCUT2D eigenvalue weighted by molar-refractivity contribution is -0.158. The van der Waals surface area contributed by atoms with Crippen molar-refractivity contribution in [2.75, 3.05) is 27.9 Å². The molecule has 0 amide bonds. The zero-order chi connectivity index (χ0) is 19.5. The third kappa shape index (κ3) is 5.87. The number of hydrogen-bond acceptors (Lipinski definition) is 8. The molecule has 0 radical (unpaired) electrons. The van der Waals surface area contributed by atoms with Gasteiger partial charge in [0.15, 0.2) is 6.04 Å². The number of methoxy groups -OCH3 is 3. The predicted molar refractivity (Wildman–Crippen MR) is 93.1 cm³/mol. The molecular weight excluding hydrogens is 342 g/mol. The van der Waals surface area contributed by atoms with Crippen molar-refractivity contribution in [1.29, 1.82) is 0 Å². The number of benzene rings is 1. The van der Waals surface area contributed by atoms with Crippen LogP contribution in [-0.2, 0) is 28.6 Å². The lowest BCUT2D eigenvalue weighted by Gasteiger charge is -2.19. The van der Waals surface area contributed by atoms with Gasteiger partial charge in [-0.05, 0) is 19.1 Å². The topological polar surface area (TPSA) is 100 Å². The van der Waals surface area contributed by atoms with Crippen LogP contribution < -0.4 is 4.74 Å². The molecule has 26 heavy (non-hydrogen) atoms. The van der Waals surface area contributed by atoms with E-state index in [0.29, 0.717) is 11.3 Å². The molecule has 142 valence electrons. The summed E-state index contributed by atoms with van der Waals surface area (Å²) in [5.74, 6) is -2.79. The maximum atomic E-state index is 12.3. The normalized spacial score (nSPS) is 12.9. The summed E-state index contributed by atoms with van der Waals surface area (Å²) >= 11 is 0. The maximum absolute atomic E-state index is 12.3. The minimum absolute atomic E-state index is 0.103. The summed E-state index contributed by atoms with van der Waals surface area (Å²) in [4.78, 5) is 40.3. The van der Waals surface area contributed by atoms with Crippen LogP contribution in [0.4, 0.5) is 0 Å². The molecule has 0 spiro atoms. The number of para-hydroxylation sites is 1. The van der Waals surface area contributed by atoms with Crippen molar-refractivity contribution in [2.45, 2.75) is 19.4 Å². The highest BCUT2D eigenvalue weighted by molar-refractivity contribution is 5.91. The highest BCUT2D eigenvalue weighted by Crippen LogP contribution is 2.20. The molecule has 0 aliphatic heterocycles. The van der Waals surface area contributed by atoms with Gasteiger partial charge in [0, 0.05) is 11.8 Å². The summed E-state index contributed by atoms with van der Waals surface area (Å²) in [6.45, 7) is 1.73. The van der Waals surface area contributed by atoms with Crippen molar-refractivity contribution in [1.82, 2.24) is 0 Å². The maximum Gasteiger partial charge on any atom is 0.331 e. The number of ether oxygens (including phenoxy) is 4. The minimum Gasteiger partial charge on any atom is -0.496 e. The molecule has 1 rings (SSSR count). The van der Waals surface area contributed by atoms with E-state index in [9.17, 15) is 14.4 Å². The molecule has 8 nitrogen and oxygen atoms in total. The Hall–Kier alpha value is -2.90. The zero-order valence-electron chi connectivity index (χ0n) is 15.3. The van der Waals surface area contributed by atoms with Gasteiger partial charge >= 0.3 is 17.9 Å². The Bertz CT molecular complexity index is 657. The number of carbonyl (C=O) groups excluding carboxylic acids is 3. The number of nitrogens with zero attached hydrogens (tertiary/aromatic N) is 1. The lowest BCUT2D eigenvalue weighted by atomic mass is 9.96. The second-order valence-electron chi connectivity index (χ2n) is 5.13. The van der Waals surface area contributed by atoms with Crippen LogP contribution in [0, 0.1) is 5.92 Å². The van der Waals surface area contributed by atoms with Gasteiger partial charge in [0.2, 0.25) is 0 Å². The fourth-order valence-electron chi connectivity index (χ4n) is 2.23. The van der Waals surface area contributed by atoms with Crippen LogP contribution in [0.1, 0.15) is 18.9 Å². The quantitative estimate of drug-likeness (QED) is 0.370. The molecule has 0 aliphatic rings. The van der Waals surface area contributed by atoms with E-state index in [1.54, 1.807) is 31.2 Å². The van der Waals surface area contributed by atoms with E-state index in [1.807, 2.05) is 0 Å². The van der Waals surface area contributed by atoms with Gasteiger partial charge < -0.3 is 18.9 Å². The van der Waals surface area contributed by atoms with Crippen molar-refractivity contribution >= 4 is 24.1 Å². The summed E-state index contributed by atoms with van der Waals surface area (Å²) in [6.07, 6.45) is 1.03. The van der Waals surface area contributed by atoms with E-state index < -0.39 is 29.9 Å². The zero-order valence-corrected chi connectivity index (χ0v) is 15.3. The summed E-state index contributed by atoms with van der Waals surface area (Å²) in [7, 11) is 3.86. The van der Waals surface area contributed by atoms with Gasteiger partial charge in [-0.3, -0.25) is 14.6 Å². The molecular formula is C18H23NO7. The third-order valence-corrected chi connectivity index (χ3v) is 3.54. The van der Waals surface area contributed by atoms with Crippen LogP contribution in [0.2, 0.25) is 0 Å². The molecule has 2 unspecified atom stereocenters. The lowest BCUT2D eigenvalue weighted by Crippen LogP contribution is -2.37. The molecule has 2 atom stereocenters. The molecule has 8 heteroatoms. The number of rotatable bonds is 9. The van der Waals surface area contributed by atoms with Crippen molar-refractivity contribution < 1.29 is 33.3 Å². The molecule has 0 saturated carbocycles. The van der Waals surface area contributed by atoms with Gasteiger partial charge in [0.25, 0.3) is 0 Å². The highest BCUT2D eigenvalue weighted by Gasteiger charge is 2.37. The SMILES string of the molecule is CCOC(=O)C(N=Cc1ccccc1OC)C(CC(=O)OC)C(=O)OC. The molecule has 1 aromatic carbocycles. The second-order valence-corrected chi connectivity index (χ2v) is 5.13. The first-order chi connectivity index (χ1) is 12.5. The van der Waals surface area contributed by atoms with E-state index in [2.05, 4.69) is 9.73 Å². The summed E-state index contributed by atoms with van der Waals surface area (Å²) in [5.41, 5.74) is 0.603. The Morgan fingerprint density at radius 3 is 2.35 bits per heavy atom. The largest absolute Gasteiger partial charge is 0.496 e. The number of carbonyl (C=O) groups is 3. The number of hydrogen-bond donors (Lipinski definition) is 0. The average molecular weight is 365 g/mol. The molecule has 0 aromatic heterocycles. The first kappa shape index (κ1) is 21.1. The number of esters is 3. The Morgan fingerprint density at radius 1 is 1.08 bits per heavy atom. The van der Waals surface area contributed by atoms with E-state index >= 15 is 0 Å². The average Bonchev–Trinajstić information content (AvgIpc) is 2.66. The first-order valence-corrected chi connectivity index (χ1v) is 7.95. The standard InChI is InChI=1S/C18H23NO7/c1-5-26-18(22)16(13(17(21)25-4)10-15(20)24-3)19-11-12-8-6-7-9-14(12)23-2/h6-9,11,13,16H,5,10H2,1-4H3. The summed E-state index contributed by atoms with van der Waals surface area (Å²) in [5, 5.41) is 0. The predicted octanol–water partition coefficient (Wildman–Crippen LogP) is 1.40. The summed E-state index contributed by atoms with van der Waals surface area (Å²) < 4.78 is 19.5. The van der Waals surface area contributed by atoms with Crippen molar-refractivity contribution in [3.05, 3.63) is 29.8 Å². The molecule has 1 aromatic rings. The van der Waals surface area contributed by atoms with E-state index in [4.69, 9.17) is 14.2 Å². The Morgan fingerprint density at radius 2 is 1.77 bits per heavy atom. The highest BCUT2D eigenvalue weighted by atomic mass is 16.5. The van der Waals surface area contributed by atoms with Gasteiger partial charge in [0.1, 0.15) is 11.7 Å². The van der Waals surface area contributed by atoms with Crippen LogP contribution in [0.25, 0.3) is 0 Å². The van der Waals surface area contributed by atoms with E-state index in [1.165, 1.54) is 27.5 Å². The van der Waals surface area contributed by atoms with E-state index in [-0.39, 0.29) is 13.0 Å². The number of aliphatic imine (C=N–C) groups is 1. The molecule has 0 heterocycles. The van der Waals surface area contributed by atoms with Gasteiger partial charge in [0.05, 0.1) is 34.4 Å². The van der Waals surface area contributed by atoms with Gasteiger partial charge in [-0.2, -0.15) is 0 Å². The smallest absolute Gasteiger partial charge is 0.331 e. The van der Waals surface area contributed by atoms with Crippen LogP contribution >= 0.6 is 0 Å². The Kier molecular flexibility index (Phi) is 8.83. The van der Waals surface area contributed by atoms with Crippen molar-refractivity contribution in [3.63, 3.8) is 0 Å². The van der Waals surface area contributed by atoms with Crippen LogP contribution in [0.5, 0.6) is 5.75 Å². The van der Waals surface area contributed by atoms with Gasteiger partial charge in [-0.25, -0.2) is 4.79 Å². The fraction of sp³-hybridized carbons (Fsp3) is 0.444. The fourth-order valence-corrected chi connectivity index (χ4v) is 2.23. The first-order valence-electron chi connectivity index (χ1n) is 7.95. The van der Waals surface area contributed by atoms with Crippen LogP contribution in [0.3, 0.4) is 0 Å². The van der Waals surface area contributed by atoms with Gasteiger partial charge in [-0.1, -0.05) is 12.1 Å². The Balaban J connectivity index is 3.23. The van der Waals surface area contributed by atoms with Gasteiger partial charge in [-0.15, -0.1) is 0 Å². The Labute approximate surface area is 152 Å². The van der Waals surface area contributed by atoms with Crippen LogP contribution in [0.15, 0.2) is 29.3 Å². The van der Waals surface area contributed by atoms with E-state index in [0.717, 1.165) is 0 Å². The van der Waals surface area contributed by atoms with Crippen molar-refractivity contribution in [2.24, 2.45) is 10.9 Å². The third-order valence-electron chi connectivity index (χ3n) is 3.54. The monoisotopic (exact) mass is 365 g/mol. The molecule has 0 saturated heterocycles. The molecule has 0 N–H and O–H groups in total. The second kappa shape index (κ2) is 10.9. The minimum atomic E-state index is -1.26. The summed E-state index contributed by atoms with van der Waals surface area (Å²) in [6, 6.07) is 5.76. The van der Waals surface area contributed by atoms with Crippen molar-refractivity contribution in [3.8, 4) is 5.75 Å². The van der Waals surface area contributed by atoms with Crippen LogP contribution in [-0.4, -0.2) is 58.1 Å². The molecule has 0 bridgehead atoms.